The van der Waals surface area contributed by atoms with Gasteiger partial charge in [-0.3, -0.25) is 0 Å². The first-order valence-electron chi connectivity index (χ1n) is 8.15. The van der Waals surface area contributed by atoms with Crippen molar-refractivity contribution in [1.82, 2.24) is 5.32 Å². The van der Waals surface area contributed by atoms with E-state index in [1.807, 2.05) is 0 Å². The minimum Gasteiger partial charge on any atom is -0.380 e. The molecule has 0 saturated heterocycles. The first-order valence-corrected chi connectivity index (χ1v) is 8.15. The van der Waals surface area contributed by atoms with E-state index in [9.17, 15) is 0 Å². The van der Waals surface area contributed by atoms with Gasteiger partial charge in [0.1, 0.15) is 0 Å². The average Bonchev–Trinajstić information content (AvgIpc) is 2.46. The molecule has 2 rings (SSSR count). The van der Waals surface area contributed by atoms with Crippen LogP contribution in [0, 0.1) is 5.92 Å². The lowest BCUT2D eigenvalue weighted by Crippen LogP contribution is -2.24. The molecule has 1 aliphatic carbocycles. The van der Waals surface area contributed by atoms with Crippen LogP contribution in [0.3, 0.4) is 0 Å². The molecule has 1 aromatic carbocycles. The molecule has 2 nitrogen and oxygen atoms in total. The summed E-state index contributed by atoms with van der Waals surface area (Å²) in [7, 11) is 0. The molecule has 0 saturated carbocycles. The van der Waals surface area contributed by atoms with E-state index in [-0.39, 0.29) is 0 Å². The molecule has 0 heterocycles. The van der Waals surface area contributed by atoms with Gasteiger partial charge >= 0.3 is 0 Å². The smallest absolute Gasteiger partial charge is 0.0591 e. The highest BCUT2D eigenvalue weighted by Crippen LogP contribution is 2.22. The van der Waals surface area contributed by atoms with Crippen molar-refractivity contribution in [3.63, 3.8) is 0 Å². The van der Waals surface area contributed by atoms with Crippen molar-refractivity contribution < 1.29 is 4.74 Å². The Morgan fingerprint density at radius 1 is 1.10 bits per heavy atom. The third-order valence-corrected chi connectivity index (χ3v) is 3.92. The highest BCUT2D eigenvalue weighted by molar-refractivity contribution is 5.33. The summed E-state index contributed by atoms with van der Waals surface area (Å²) in [6.45, 7) is 8.14. The van der Waals surface area contributed by atoms with E-state index in [2.05, 4.69) is 37.4 Å². The normalized spacial score (nSPS) is 14.6. The number of hydrogen-bond acceptors (Lipinski definition) is 2. The minimum atomic E-state index is 0.713. The summed E-state index contributed by atoms with van der Waals surface area (Å²) in [4.78, 5) is 0. The van der Waals surface area contributed by atoms with Crippen LogP contribution in [0.25, 0.3) is 0 Å². The van der Waals surface area contributed by atoms with Gasteiger partial charge in [-0.2, -0.15) is 0 Å². The number of ether oxygens (including phenoxy) is 1. The highest BCUT2D eigenvalue weighted by Gasteiger charge is 2.09. The van der Waals surface area contributed by atoms with Crippen molar-refractivity contribution in [2.24, 2.45) is 5.92 Å². The molecule has 0 amide bonds. The maximum Gasteiger partial charge on any atom is 0.0591 e. The van der Waals surface area contributed by atoms with Crippen molar-refractivity contribution in [2.75, 3.05) is 26.3 Å². The van der Waals surface area contributed by atoms with Crippen LogP contribution in [0.2, 0.25) is 0 Å². The number of rotatable bonds is 8. The van der Waals surface area contributed by atoms with E-state index in [0.29, 0.717) is 5.92 Å². The second-order valence-corrected chi connectivity index (χ2v) is 6.27. The molecule has 0 bridgehead atoms. The van der Waals surface area contributed by atoms with Crippen LogP contribution in [0.4, 0.5) is 0 Å². The molecular formula is C18H29NO. The summed E-state index contributed by atoms with van der Waals surface area (Å²) in [6.07, 6.45) is 6.29. The van der Waals surface area contributed by atoms with Gasteiger partial charge in [0, 0.05) is 6.54 Å². The van der Waals surface area contributed by atoms with E-state index < -0.39 is 0 Å². The molecule has 0 aliphatic heterocycles. The standard InChI is InChI=1S/C18H29NO/c1-15(2)14-19-10-12-20-11-9-16-7-8-17-5-3-4-6-18(17)13-16/h7-8,13,15,19H,3-6,9-12,14H2,1-2H3. The molecule has 112 valence electrons. The molecule has 20 heavy (non-hydrogen) atoms. The molecule has 0 aromatic heterocycles. The molecule has 1 aromatic rings. The van der Waals surface area contributed by atoms with E-state index >= 15 is 0 Å². The fraction of sp³-hybridized carbons (Fsp3) is 0.667. The third kappa shape index (κ3) is 5.26. The lowest BCUT2D eigenvalue weighted by atomic mass is 9.90. The first-order chi connectivity index (χ1) is 9.75. The Labute approximate surface area is 123 Å². The Hall–Kier alpha value is -0.860. The number of hydrogen-bond donors (Lipinski definition) is 1. The Morgan fingerprint density at radius 3 is 2.70 bits per heavy atom. The number of benzene rings is 1. The first kappa shape index (κ1) is 15.5. The van der Waals surface area contributed by atoms with Crippen LogP contribution < -0.4 is 5.32 Å². The third-order valence-electron chi connectivity index (χ3n) is 3.92. The van der Waals surface area contributed by atoms with Crippen LogP contribution in [0.5, 0.6) is 0 Å². The maximum atomic E-state index is 5.70. The molecule has 0 unspecified atom stereocenters. The second kappa shape index (κ2) is 8.43. The zero-order valence-corrected chi connectivity index (χ0v) is 13.1. The fourth-order valence-electron chi connectivity index (χ4n) is 2.77. The largest absolute Gasteiger partial charge is 0.380 e. The topological polar surface area (TPSA) is 21.3 Å². The molecule has 2 heteroatoms. The van der Waals surface area contributed by atoms with Crippen molar-refractivity contribution in [1.29, 1.82) is 0 Å². The molecule has 1 aliphatic rings. The van der Waals surface area contributed by atoms with Crippen molar-refractivity contribution in [2.45, 2.75) is 46.0 Å². The predicted octanol–water partition coefficient (Wildman–Crippen LogP) is 3.37. The van der Waals surface area contributed by atoms with Crippen molar-refractivity contribution in [3.05, 3.63) is 34.9 Å². The minimum absolute atomic E-state index is 0.713. The lowest BCUT2D eigenvalue weighted by molar-refractivity contribution is 0.138. The Bertz CT molecular complexity index is 400. The van der Waals surface area contributed by atoms with Gasteiger partial charge < -0.3 is 10.1 Å². The van der Waals surface area contributed by atoms with Crippen molar-refractivity contribution in [3.8, 4) is 0 Å². The zero-order chi connectivity index (χ0) is 14.2. The highest BCUT2D eigenvalue weighted by atomic mass is 16.5. The Balaban J connectivity index is 1.62. The Kier molecular flexibility index (Phi) is 6.55. The lowest BCUT2D eigenvalue weighted by Gasteiger charge is -2.16. The monoisotopic (exact) mass is 275 g/mol. The van der Waals surface area contributed by atoms with E-state index in [4.69, 9.17) is 4.74 Å². The summed E-state index contributed by atoms with van der Waals surface area (Å²) in [5, 5.41) is 3.40. The van der Waals surface area contributed by atoms with Crippen LogP contribution in [0.1, 0.15) is 43.4 Å². The van der Waals surface area contributed by atoms with Crippen LogP contribution >= 0.6 is 0 Å². The SMILES string of the molecule is CC(C)CNCCOCCc1ccc2c(c1)CCCC2. The second-order valence-electron chi connectivity index (χ2n) is 6.27. The molecular weight excluding hydrogens is 246 g/mol. The van der Waals surface area contributed by atoms with Gasteiger partial charge in [-0.1, -0.05) is 32.0 Å². The Morgan fingerprint density at radius 2 is 1.90 bits per heavy atom. The average molecular weight is 275 g/mol. The van der Waals surface area contributed by atoms with Gasteiger partial charge in [-0.05, 0) is 61.3 Å². The predicted molar refractivity (Wildman–Crippen MR) is 85.3 cm³/mol. The van der Waals surface area contributed by atoms with Gasteiger partial charge in [0.2, 0.25) is 0 Å². The number of aryl methyl sites for hydroxylation is 2. The summed E-state index contributed by atoms with van der Waals surface area (Å²) < 4.78 is 5.70. The quantitative estimate of drug-likeness (QED) is 0.735. The zero-order valence-electron chi connectivity index (χ0n) is 13.1. The summed E-state index contributed by atoms with van der Waals surface area (Å²) in [5.41, 5.74) is 4.58. The van der Waals surface area contributed by atoms with Crippen LogP contribution in [-0.4, -0.2) is 26.3 Å². The molecule has 0 fully saturated rings. The van der Waals surface area contributed by atoms with Gasteiger partial charge in [0.25, 0.3) is 0 Å². The number of nitrogens with one attached hydrogen (secondary N) is 1. The fourth-order valence-corrected chi connectivity index (χ4v) is 2.77. The van der Waals surface area contributed by atoms with Gasteiger partial charge in [0.15, 0.2) is 0 Å². The maximum absolute atomic E-state index is 5.70. The van der Waals surface area contributed by atoms with Gasteiger partial charge in [-0.15, -0.1) is 0 Å². The van der Waals surface area contributed by atoms with E-state index in [1.54, 1.807) is 11.1 Å². The summed E-state index contributed by atoms with van der Waals surface area (Å²) >= 11 is 0. The summed E-state index contributed by atoms with van der Waals surface area (Å²) in [5.74, 6) is 0.713. The molecule has 1 N–H and O–H groups in total. The van der Waals surface area contributed by atoms with Crippen LogP contribution in [-0.2, 0) is 24.0 Å². The molecule has 0 atom stereocenters. The van der Waals surface area contributed by atoms with E-state index in [1.165, 1.54) is 31.2 Å². The van der Waals surface area contributed by atoms with Gasteiger partial charge in [0.05, 0.1) is 13.2 Å². The van der Waals surface area contributed by atoms with Crippen LogP contribution in [0.15, 0.2) is 18.2 Å². The molecule has 0 radical (unpaired) electrons. The van der Waals surface area contributed by atoms with E-state index in [0.717, 1.165) is 32.7 Å². The van der Waals surface area contributed by atoms with Gasteiger partial charge in [-0.25, -0.2) is 0 Å². The summed E-state index contributed by atoms with van der Waals surface area (Å²) in [6, 6.07) is 7.01. The van der Waals surface area contributed by atoms with Crippen molar-refractivity contribution >= 4 is 0 Å². The number of fused-ring (bicyclic) bond motifs is 1. The molecule has 0 spiro atoms.